The Bertz CT molecular complexity index is 328. The first-order valence-electron chi connectivity index (χ1n) is 7.17. The number of thiophene rings is 1. The van der Waals surface area contributed by atoms with E-state index in [0.29, 0.717) is 0 Å². The highest BCUT2D eigenvalue weighted by molar-refractivity contribution is 7.07. The molecule has 18 heavy (non-hydrogen) atoms. The summed E-state index contributed by atoms with van der Waals surface area (Å²) >= 11 is 1.75. The maximum atomic E-state index is 6.51. The van der Waals surface area contributed by atoms with Crippen molar-refractivity contribution in [3.63, 3.8) is 0 Å². The molecule has 1 aliphatic rings. The quantitative estimate of drug-likeness (QED) is 0.825. The van der Waals surface area contributed by atoms with Crippen molar-refractivity contribution in [1.29, 1.82) is 0 Å². The fraction of sp³-hybridized carbons (Fsp3) is 0.733. The summed E-state index contributed by atoms with van der Waals surface area (Å²) in [5, 5.41) is 4.33. The van der Waals surface area contributed by atoms with E-state index in [2.05, 4.69) is 23.8 Å². The highest BCUT2D eigenvalue weighted by atomic mass is 32.1. The van der Waals surface area contributed by atoms with Crippen LogP contribution < -0.4 is 5.73 Å². The van der Waals surface area contributed by atoms with Crippen molar-refractivity contribution >= 4 is 11.3 Å². The Morgan fingerprint density at radius 2 is 2.06 bits per heavy atom. The lowest BCUT2D eigenvalue weighted by Gasteiger charge is -2.38. The molecular formula is C15H25NOS. The van der Waals surface area contributed by atoms with Crippen LogP contribution in [0.2, 0.25) is 0 Å². The lowest BCUT2D eigenvalue weighted by molar-refractivity contribution is -0.0683. The second-order valence-corrected chi connectivity index (χ2v) is 6.13. The zero-order valence-electron chi connectivity index (χ0n) is 11.4. The largest absolute Gasteiger partial charge is 0.374 e. The van der Waals surface area contributed by atoms with E-state index in [1.54, 1.807) is 11.3 Å². The molecule has 0 bridgehead atoms. The van der Waals surface area contributed by atoms with Crippen molar-refractivity contribution in [3.05, 3.63) is 22.4 Å². The van der Waals surface area contributed by atoms with Crippen molar-refractivity contribution in [1.82, 2.24) is 0 Å². The molecule has 0 aromatic carbocycles. The standard InChI is InChI=1S/C15H25NOS/c1-2-17-15(8-5-3-4-6-9-15)14(16)11-13-7-10-18-12-13/h7,10,12,14H,2-6,8-9,11,16H2,1H3. The molecule has 0 spiro atoms. The van der Waals surface area contributed by atoms with Crippen LogP contribution in [0.1, 0.15) is 51.0 Å². The van der Waals surface area contributed by atoms with Crippen LogP contribution in [0.5, 0.6) is 0 Å². The number of nitrogens with two attached hydrogens (primary N) is 1. The normalized spacial score (nSPS) is 21.4. The zero-order chi connectivity index (χ0) is 12.8. The Balaban J connectivity index is 2.06. The van der Waals surface area contributed by atoms with E-state index in [4.69, 9.17) is 10.5 Å². The van der Waals surface area contributed by atoms with Gasteiger partial charge in [-0.2, -0.15) is 11.3 Å². The second-order valence-electron chi connectivity index (χ2n) is 5.35. The molecule has 1 fully saturated rings. The summed E-state index contributed by atoms with van der Waals surface area (Å²) in [5.41, 5.74) is 7.79. The van der Waals surface area contributed by atoms with Crippen LogP contribution in [0.3, 0.4) is 0 Å². The highest BCUT2D eigenvalue weighted by Gasteiger charge is 2.37. The van der Waals surface area contributed by atoms with Gasteiger partial charge in [0.25, 0.3) is 0 Å². The van der Waals surface area contributed by atoms with Crippen LogP contribution >= 0.6 is 11.3 Å². The smallest absolute Gasteiger partial charge is 0.0835 e. The fourth-order valence-corrected chi connectivity index (χ4v) is 3.77. The summed E-state index contributed by atoms with van der Waals surface area (Å²) in [6, 6.07) is 2.31. The van der Waals surface area contributed by atoms with Gasteiger partial charge in [-0.15, -0.1) is 0 Å². The molecule has 1 aromatic heterocycles. The van der Waals surface area contributed by atoms with Crippen LogP contribution in [-0.4, -0.2) is 18.2 Å². The van der Waals surface area contributed by atoms with Crippen LogP contribution in [0, 0.1) is 0 Å². The molecule has 1 atom stereocenters. The molecule has 2 rings (SSSR count). The molecular weight excluding hydrogens is 242 g/mol. The number of hydrogen-bond acceptors (Lipinski definition) is 3. The molecule has 0 amide bonds. The summed E-state index contributed by atoms with van der Waals surface area (Å²) < 4.78 is 6.14. The van der Waals surface area contributed by atoms with E-state index >= 15 is 0 Å². The van der Waals surface area contributed by atoms with Crippen LogP contribution in [-0.2, 0) is 11.2 Å². The molecule has 1 heterocycles. The predicted molar refractivity (Wildman–Crippen MR) is 78.1 cm³/mol. The monoisotopic (exact) mass is 267 g/mol. The van der Waals surface area contributed by atoms with Gasteiger partial charge in [-0.25, -0.2) is 0 Å². The average Bonchev–Trinajstić information content (AvgIpc) is 2.74. The van der Waals surface area contributed by atoms with Gasteiger partial charge in [-0.05, 0) is 48.6 Å². The van der Waals surface area contributed by atoms with Crippen molar-refractivity contribution in [3.8, 4) is 0 Å². The lowest BCUT2D eigenvalue weighted by atomic mass is 9.83. The van der Waals surface area contributed by atoms with Crippen LogP contribution in [0.15, 0.2) is 16.8 Å². The molecule has 0 radical (unpaired) electrons. The van der Waals surface area contributed by atoms with Gasteiger partial charge < -0.3 is 10.5 Å². The maximum Gasteiger partial charge on any atom is 0.0835 e. The topological polar surface area (TPSA) is 35.2 Å². The molecule has 2 nitrogen and oxygen atoms in total. The number of rotatable bonds is 5. The van der Waals surface area contributed by atoms with Crippen molar-refractivity contribution in [2.75, 3.05) is 6.61 Å². The SMILES string of the molecule is CCOC1(C(N)Cc2ccsc2)CCCCCC1. The van der Waals surface area contributed by atoms with E-state index in [0.717, 1.165) is 25.9 Å². The number of hydrogen-bond donors (Lipinski definition) is 1. The first-order valence-corrected chi connectivity index (χ1v) is 8.12. The molecule has 1 aromatic rings. The van der Waals surface area contributed by atoms with Crippen molar-refractivity contribution < 1.29 is 4.74 Å². The van der Waals surface area contributed by atoms with E-state index in [9.17, 15) is 0 Å². The molecule has 0 aliphatic heterocycles. The Kier molecular flexibility index (Phi) is 5.22. The van der Waals surface area contributed by atoms with E-state index in [-0.39, 0.29) is 11.6 Å². The zero-order valence-corrected chi connectivity index (χ0v) is 12.2. The van der Waals surface area contributed by atoms with E-state index in [1.165, 1.54) is 31.2 Å². The summed E-state index contributed by atoms with van der Waals surface area (Å²) in [6.45, 7) is 2.86. The Morgan fingerprint density at radius 3 is 2.61 bits per heavy atom. The first-order chi connectivity index (χ1) is 8.77. The van der Waals surface area contributed by atoms with E-state index in [1.807, 2.05) is 0 Å². The average molecular weight is 267 g/mol. The minimum Gasteiger partial charge on any atom is -0.374 e. The van der Waals surface area contributed by atoms with Gasteiger partial charge >= 0.3 is 0 Å². The molecule has 1 unspecified atom stereocenters. The van der Waals surface area contributed by atoms with Gasteiger partial charge in [0.05, 0.1) is 5.60 Å². The van der Waals surface area contributed by atoms with Crippen molar-refractivity contribution in [2.45, 2.75) is 63.5 Å². The van der Waals surface area contributed by atoms with Gasteiger partial charge in [0, 0.05) is 12.6 Å². The third-order valence-electron chi connectivity index (χ3n) is 4.09. The summed E-state index contributed by atoms with van der Waals surface area (Å²) in [5.74, 6) is 0. The predicted octanol–water partition coefficient (Wildman–Crippen LogP) is 3.75. The maximum absolute atomic E-state index is 6.51. The first kappa shape index (κ1) is 14.0. The third-order valence-corrected chi connectivity index (χ3v) is 4.83. The highest BCUT2D eigenvalue weighted by Crippen LogP contribution is 2.34. The van der Waals surface area contributed by atoms with Crippen LogP contribution in [0.25, 0.3) is 0 Å². The third kappa shape index (κ3) is 3.34. The van der Waals surface area contributed by atoms with Gasteiger partial charge in [-0.1, -0.05) is 25.7 Å². The van der Waals surface area contributed by atoms with Gasteiger partial charge in [0.2, 0.25) is 0 Å². The van der Waals surface area contributed by atoms with Gasteiger partial charge in [0.15, 0.2) is 0 Å². The van der Waals surface area contributed by atoms with E-state index < -0.39 is 0 Å². The van der Waals surface area contributed by atoms with Gasteiger partial charge in [-0.3, -0.25) is 0 Å². The molecule has 0 saturated heterocycles. The number of ether oxygens (including phenoxy) is 1. The summed E-state index contributed by atoms with van der Waals surface area (Å²) in [6.07, 6.45) is 8.40. The second kappa shape index (κ2) is 6.69. The Labute approximate surface area is 115 Å². The van der Waals surface area contributed by atoms with Crippen LogP contribution in [0.4, 0.5) is 0 Å². The van der Waals surface area contributed by atoms with Gasteiger partial charge in [0.1, 0.15) is 0 Å². The minimum atomic E-state index is -0.0762. The lowest BCUT2D eigenvalue weighted by Crippen LogP contribution is -2.51. The molecule has 1 saturated carbocycles. The molecule has 102 valence electrons. The molecule has 1 aliphatic carbocycles. The summed E-state index contributed by atoms with van der Waals surface area (Å²) in [4.78, 5) is 0. The Hall–Kier alpha value is -0.380. The van der Waals surface area contributed by atoms with Crippen molar-refractivity contribution in [2.24, 2.45) is 5.73 Å². The fourth-order valence-electron chi connectivity index (χ4n) is 3.09. The minimum absolute atomic E-state index is 0.0762. The summed E-state index contributed by atoms with van der Waals surface area (Å²) in [7, 11) is 0. The molecule has 2 N–H and O–H groups in total. The Morgan fingerprint density at radius 1 is 1.33 bits per heavy atom. The molecule has 3 heteroatoms.